The van der Waals surface area contributed by atoms with Gasteiger partial charge in [-0.15, -0.1) is 0 Å². The molecule has 4 heteroatoms. The van der Waals surface area contributed by atoms with Gasteiger partial charge >= 0.3 is 0 Å². The molecular formula is C12H20N4. The zero-order valence-corrected chi connectivity index (χ0v) is 10.2. The summed E-state index contributed by atoms with van der Waals surface area (Å²) < 4.78 is 0. The monoisotopic (exact) mass is 220 g/mol. The van der Waals surface area contributed by atoms with Gasteiger partial charge in [-0.2, -0.15) is 0 Å². The fraction of sp³-hybridized carbons (Fsp3) is 0.667. The molecule has 2 N–H and O–H groups in total. The first-order valence-corrected chi connectivity index (χ1v) is 5.98. The number of hydrogen-bond donors (Lipinski definition) is 2. The molecule has 0 saturated heterocycles. The van der Waals surface area contributed by atoms with Crippen LogP contribution in [0.15, 0.2) is 6.33 Å². The summed E-state index contributed by atoms with van der Waals surface area (Å²) in [5, 5.41) is 6.62. The van der Waals surface area contributed by atoms with Crippen molar-refractivity contribution in [3.05, 3.63) is 11.9 Å². The van der Waals surface area contributed by atoms with Gasteiger partial charge in [0.05, 0.1) is 0 Å². The minimum Gasteiger partial charge on any atom is -0.373 e. The minimum atomic E-state index is 0.568. The second-order valence-corrected chi connectivity index (χ2v) is 4.60. The smallest absolute Gasteiger partial charge is 0.134 e. The van der Waals surface area contributed by atoms with Crippen molar-refractivity contribution >= 4 is 11.6 Å². The Morgan fingerprint density at radius 1 is 1.25 bits per heavy atom. The molecule has 16 heavy (non-hydrogen) atoms. The summed E-state index contributed by atoms with van der Waals surface area (Å²) >= 11 is 0. The predicted octanol–water partition coefficient (Wildman–Crippen LogP) is 2.43. The van der Waals surface area contributed by atoms with Gasteiger partial charge in [0.15, 0.2) is 0 Å². The molecule has 1 aliphatic carbocycles. The molecule has 1 aliphatic rings. The minimum absolute atomic E-state index is 0.568. The molecule has 0 radical (unpaired) electrons. The van der Waals surface area contributed by atoms with Crippen LogP contribution in [-0.4, -0.2) is 23.1 Å². The summed E-state index contributed by atoms with van der Waals surface area (Å²) in [5.41, 5.74) is 1.10. The Balaban J connectivity index is 2.14. The van der Waals surface area contributed by atoms with Gasteiger partial charge < -0.3 is 10.6 Å². The van der Waals surface area contributed by atoms with Gasteiger partial charge in [0.1, 0.15) is 18.0 Å². The lowest BCUT2D eigenvalue weighted by Gasteiger charge is -2.19. The maximum absolute atomic E-state index is 4.32. The summed E-state index contributed by atoms with van der Waals surface area (Å²) in [7, 11) is 1.89. The standard InChI is InChI=1S/C12H20N4/c1-8-5-4-6-10(8)16-12-9(2)11(13-3)14-7-15-12/h7-8,10H,4-6H2,1-3H3,(H2,13,14,15,16). The van der Waals surface area contributed by atoms with Gasteiger partial charge in [-0.1, -0.05) is 13.3 Å². The first kappa shape index (κ1) is 11.2. The average molecular weight is 220 g/mol. The van der Waals surface area contributed by atoms with Crippen molar-refractivity contribution in [2.24, 2.45) is 5.92 Å². The predicted molar refractivity (Wildman–Crippen MR) is 66.7 cm³/mol. The highest BCUT2D eigenvalue weighted by Gasteiger charge is 2.24. The Morgan fingerprint density at radius 3 is 2.62 bits per heavy atom. The molecule has 0 aliphatic heterocycles. The quantitative estimate of drug-likeness (QED) is 0.821. The van der Waals surface area contributed by atoms with Crippen molar-refractivity contribution in [2.75, 3.05) is 17.7 Å². The third kappa shape index (κ3) is 2.10. The van der Waals surface area contributed by atoms with Crippen molar-refractivity contribution in [1.29, 1.82) is 0 Å². The van der Waals surface area contributed by atoms with E-state index < -0.39 is 0 Å². The highest BCUT2D eigenvalue weighted by Crippen LogP contribution is 2.29. The van der Waals surface area contributed by atoms with Crippen LogP contribution in [0, 0.1) is 12.8 Å². The third-order valence-electron chi connectivity index (χ3n) is 3.50. The molecule has 0 amide bonds. The molecule has 1 aromatic heterocycles. The molecule has 88 valence electrons. The Hall–Kier alpha value is -1.32. The fourth-order valence-corrected chi connectivity index (χ4v) is 2.38. The lowest BCUT2D eigenvalue weighted by atomic mass is 10.1. The molecule has 2 atom stereocenters. The largest absolute Gasteiger partial charge is 0.373 e. The van der Waals surface area contributed by atoms with Crippen molar-refractivity contribution in [3.8, 4) is 0 Å². The highest BCUT2D eigenvalue weighted by molar-refractivity contribution is 5.56. The fourth-order valence-electron chi connectivity index (χ4n) is 2.38. The molecule has 0 spiro atoms. The summed E-state index contributed by atoms with van der Waals surface area (Å²) in [4.78, 5) is 8.51. The summed E-state index contributed by atoms with van der Waals surface area (Å²) in [5.74, 6) is 2.62. The highest BCUT2D eigenvalue weighted by atomic mass is 15.1. The van der Waals surface area contributed by atoms with Crippen molar-refractivity contribution in [1.82, 2.24) is 9.97 Å². The van der Waals surface area contributed by atoms with Crippen LogP contribution in [0.25, 0.3) is 0 Å². The summed E-state index contributed by atoms with van der Waals surface area (Å²) in [6.45, 7) is 4.36. The molecule has 4 nitrogen and oxygen atoms in total. The maximum Gasteiger partial charge on any atom is 0.134 e. The lowest BCUT2D eigenvalue weighted by Crippen LogP contribution is -2.23. The van der Waals surface area contributed by atoms with E-state index in [0.717, 1.165) is 23.1 Å². The van der Waals surface area contributed by atoms with Crippen LogP contribution in [0.2, 0.25) is 0 Å². The van der Waals surface area contributed by atoms with E-state index in [4.69, 9.17) is 0 Å². The van der Waals surface area contributed by atoms with E-state index in [1.165, 1.54) is 19.3 Å². The third-order valence-corrected chi connectivity index (χ3v) is 3.50. The van der Waals surface area contributed by atoms with Crippen LogP contribution in [0.5, 0.6) is 0 Å². The van der Waals surface area contributed by atoms with Crippen LogP contribution < -0.4 is 10.6 Å². The van der Waals surface area contributed by atoms with Gasteiger partial charge in [-0.25, -0.2) is 9.97 Å². The molecule has 0 aromatic carbocycles. The van der Waals surface area contributed by atoms with E-state index in [-0.39, 0.29) is 0 Å². The molecule has 1 fully saturated rings. The molecular weight excluding hydrogens is 200 g/mol. The molecule has 1 saturated carbocycles. The Labute approximate surface area is 96.9 Å². The number of nitrogens with zero attached hydrogens (tertiary/aromatic N) is 2. The van der Waals surface area contributed by atoms with Crippen LogP contribution in [-0.2, 0) is 0 Å². The Kier molecular flexibility index (Phi) is 3.27. The topological polar surface area (TPSA) is 49.8 Å². The number of aromatic nitrogens is 2. The second-order valence-electron chi connectivity index (χ2n) is 4.60. The zero-order chi connectivity index (χ0) is 11.5. The lowest BCUT2D eigenvalue weighted by molar-refractivity contribution is 0.554. The number of hydrogen-bond acceptors (Lipinski definition) is 4. The van der Waals surface area contributed by atoms with Crippen molar-refractivity contribution in [2.45, 2.75) is 39.2 Å². The Bertz CT molecular complexity index is 364. The number of rotatable bonds is 3. The van der Waals surface area contributed by atoms with Gasteiger partial charge in [0.2, 0.25) is 0 Å². The molecule has 1 heterocycles. The van der Waals surface area contributed by atoms with E-state index in [0.29, 0.717) is 6.04 Å². The van der Waals surface area contributed by atoms with Crippen LogP contribution in [0.4, 0.5) is 11.6 Å². The zero-order valence-electron chi connectivity index (χ0n) is 10.2. The molecule has 1 aromatic rings. The second kappa shape index (κ2) is 4.68. The van der Waals surface area contributed by atoms with Crippen LogP contribution in [0.3, 0.4) is 0 Å². The average Bonchev–Trinajstić information content (AvgIpc) is 2.68. The molecule has 2 unspecified atom stereocenters. The van der Waals surface area contributed by atoms with Crippen molar-refractivity contribution in [3.63, 3.8) is 0 Å². The maximum atomic E-state index is 4.32. The van der Waals surface area contributed by atoms with E-state index in [2.05, 4.69) is 27.5 Å². The summed E-state index contributed by atoms with van der Waals surface area (Å²) in [6, 6.07) is 0.568. The van der Waals surface area contributed by atoms with Gasteiger partial charge in [0, 0.05) is 18.7 Å². The van der Waals surface area contributed by atoms with E-state index in [9.17, 15) is 0 Å². The first-order valence-electron chi connectivity index (χ1n) is 5.98. The summed E-state index contributed by atoms with van der Waals surface area (Å²) in [6.07, 6.45) is 5.50. The SMILES string of the molecule is CNc1ncnc(NC2CCCC2C)c1C. The first-order chi connectivity index (χ1) is 7.72. The molecule has 2 rings (SSSR count). The van der Waals surface area contributed by atoms with E-state index in [1.54, 1.807) is 6.33 Å². The number of nitrogens with one attached hydrogen (secondary N) is 2. The van der Waals surface area contributed by atoms with Gasteiger partial charge in [0.25, 0.3) is 0 Å². The normalized spacial score (nSPS) is 24.4. The van der Waals surface area contributed by atoms with Gasteiger partial charge in [-0.3, -0.25) is 0 Å². The van der Waals surface area contributed by atoms with Crippen LogP contribution in [0.1, 0.15) is 31.7 Å². The van der Waals surface area contributed by atoms with Crippen LogP contribution >= 0.6 is 0 Å². The van der Waals surface area contributed by atoms with E-state index >= 15 is 0 Å². The van der Waals surface area contributed by atoms with Crippen molar-refractivity contribution < 1.29 is 0 Å². The number of anilines is 2. The molecule has 0 bridgehead atoms. The van der Waals surface area contributed by atoms with Gasteiger partial charge in [-0.05, 0) is 25.7 Å². The Morgan fingerprint density at radius 2 is 2.00 bits per heavy atom. The van der Waals surface area contributed by atoms with E-state index in [1.807, 2.05) is 14.0 Å².